The van der Waals surface area contributed by atoms with Crippen LogP contribution in [0.3, 0.4) is 0 Å². The van der Waals surface area contributed by atoms with Crippen LogP contribution in [0, 0.1) is 23.2 Å². The predicted octanol–water partition coefficient (Wildman–Crippen LogP) is 10.3. The summed E-state index contributed by atoms with van der Waals surface area (Å²) in [6.07, 6.45) is 14.1. The van der Waals surface area contributed by atoms with Crippen molar-refractivity contribution in [2.75, 3.05) is 52.2 Å². The van der Waals surface area contributed by atoms with Gasteiger partial charge in [0.05, 0.1) is 29.0 Å². The van der Waals surface area contributed by atoms with Gasteiger partial charge < -0.3 is 39.0 Å². The Morgan fingerprint density at radius 2 is 1.62 bits per heavy atom. The summed E-state index contributed by atoms with van der Waals surface area (Å²) in [5.41, 5.74) is 11.5. The molecule has 2 aromatic carbocycles. The van der Waals surface area contributed by atoms with Crippen molar-refractivity contribution in [2.45, 2.75) is 156 Å². The molecule has 0 bridgehead atoms. The number of rotatable bonds is 14. The summed E-state index contributed by atoms with van der Waals surface area (Å²) >= 11 is 0. The largest absolute Gasteiger partial charge is 0.490 e. The smallest absolute Gasteiger partial charge is 0.340 e. The quantitative estimate of drug-likeness (QED) is 0.0796. The summed E-state index contributed by atoms with van der Waals surface area (Å²) in [7, 11) is 6.33. The number of fused-ring (bicyclic) bond motifs is 9. The normalized spacial score (nSPS) is 24.4. The van der Waals surface area contributed by atoms with E-state index in [0.717, 1.165) is 119 Å². The van der Waals surface area contributed by atoms with Crippen LogP contribution in [0.1, 0.15) is 158 Å². The Hall–Kier alpha value is -5.96. The first kappa shape index (κ1) is 55.8. The van der Waals surface area contributed by atoms with Crippen molar-refractivity contribution in [2.24, 2.45) is 23.2 Å². The molecule has 0 spiro atoms. The summed E-state index contributed by atoms with van der Waals surface area (Å²) in [5, 5.41) is 19.0. The fourth-order valence-corrected chi connectivity index (χ4v) is 14.4. The molecular weight excluding hydrogens is 971 g/mol. The second kappa shape index (κ2) is 23.6. The summed E-state index contributed by atoms with van der Waals surface area (Å²) in [5.74, 6) is 1.44. The molecule has 5 heterocycles. The summed E-state index contributed by atoms with van der Waals surface area (Å²) in [4.78, 5) is 72.4. The van der Waals surface area contributed by atoms with Crippen LogP contribution in [0.5, 0.6) is 5.75 Å². The van der Waals surface area contributed by atoms with E-state index in [1.165, 1.54) is 41.7 Å². The highest BCUT2D eigenvalue weighted by atomic mass is 16.5. The van der Waals surface area contributed by atoms with E-state index in [1.807, 2.05) is 39.0 Å². The third-order valence-corrected chi connectivity index (χ3v) is 18.0. The van der Waals surface area contributed by atoms with Crippen LogP contribution >= 0.6 is 0 Å². The first-order valence-corrected chi connectivity index (χ1v) is 28.6. The fourth-order valence-electron chi connectivity index (χ4n) is 14.4. The van der Waals surface area contributed by atoms with Crippen LogP contribution in [0.2, 0.25) is 0 Å². The standard InChI is InChI=1S/C59H71N5O7.C2H4O2.C2H6/c1-35(65)49-18-19-50-43-16-12-37-28-40(66)15-17-42(37)54(43)46(31-59(49,50)2)36-10-13-39(14-11-36)62(5)24-8-6-7-9-25-63-26-22-41(23-27-63)71-53-21-20-51-44(47(53)33-61(3)4)29-38-32-64-52(55(38)60-51)30-45-48(57(64)68)34-70-58(69)56(45)67;1-2(3)4;1-2/h10-11,13-14,20-21,28-30,41,43,46,49-50,56,67H,6-9,12,15-19,22-27,31-34H2,1-5H3;1H3,(H,3,4);1-2H3. The zero-order valence-electron chi connectivity index (χ0n) is 46.8. The van der Waals surface area contributed by atoms with Crippen LogP contribution in [-0.4, -0.2) is 106 Å². The molecule has 2 N–H and O–H groups in total. The van der Waals surface area contributed by atoms with Crippen LogP contribution in [-0.2, 0) is 43.6 Å². The molecule has 6 unspecified atom stereocenters. The van der Waals surface area contributed by atoms with E-state index >= 15 is 0 Å². The van der Waals surface area contributed by atoms with E-state index in [4.69, 9.17) is 24.4 Å². The van der Waals surface area contributed by atoms with Gasteiger partial charge in [0.1, 0.15) is 24.2 Å². The Morgan fingerprint density at radius 1 is 0.896 bits per heavy atom. The van der Waals surface area contributed by atoms with E-state index in [1.54, 1.807) is 16.2 Å². The number of likely N-dealkylation sites (tertiary alicyclic amines) is 1. The molecule has 3 fully saturated rings. The van der Waals surface area contributed by atoms with Gasteiger partial charge in [-0.05, 0) is 168 Å². The second-order valence-corrected chi connectivity index (χ2v) is 23.1. The van der Waals surface area contributed by atoms with Crippen molar-refractivity contribution in [1.82, 2.24) is 19.4 Å². The highest BCUT2D eigenvalue weighted by Crippen LogP contribution is 2.65. The fraction of sp³-hybridized carbons (Fsp3) is 0.556. The van der Waals surface area contributed by atoms with Crippen molar-refractivity contribution in [1.29, 1.82) is 0 Å². The number of unbranched alkanes of at least 4 members (excludes halogenated alkanes) is 3. The minimum absolute atomic E-state index is 0.0201. The van der Waals surface area contributed by atoms with Crippen LogP contribution in [0.25, 0.3) is 22.3 Å². The van der Waals surface area contributed by atoms with Crippen molar-refractivity contribution < 1.29 is 38.9 Å². The van der Waals surface area contributed by atoms with Gasteiger partial charge in [0.25, 0.3) is 11.5 Å². The number of aromatic nitrogens is 2. The van der Waals surface area contributed by atoms with Gasteiger partial charge in [0, 0.05) is 86.2 Å². The lowest BCUT2D eigenvalue weighted by atomic mass is 9.51. The molecule has 0 radical (unpaired) electrons. The summed E-state index contributed by atoms with van der Waals surface area (Å²) in [6.45, 7) is 14.4. The molecule has 2 aromatic heterocycles. The Kier molecular flexibility index (Phi) is 17.1. The van der Waals surface area contributed by atoms with Crippen molar-refractivity contribution in [3.8, 4) is 17.1 Å². The predicted molar refractivity (Wildman–Crippen MR) is 300 cm³/mol. The zero-order chi connectivity index (χ0) is 54.9. The maximum Gasteiger partial charge on any atom is 0.340 e. The SMILES string of the molecule is CC.CC(=O)C1CCC2C3CCC4=CC(=O)CCC4=C3C(c3ccc(N(C)CCCCCCN4CCC(Oc5ccc6nc7c(cc6c5CN(C)C)Cn5c-7cc6c(c5=O)COC(=O)C6O)CC4)cc3)CC12C.CC(=O)O. The Balaban J connectivity index is 0.00000115. The number of nitrogens with zero attached hydrogens (tertiary/aromatic N) is 5. The molecule has 14 heteroatoms. The lowest BCUT2D eigenvalue weighted by Gasteiger charge is -2.52. The molecule has 77 heavy (non-hydrogen) atoms. The Bertz CT molecular complexity index is 3020. The minimum Gasteiger partial charge on any atom is -0.490 e. The summed E-state index contributed by atoms with van der Waals surface area (Å²) in [6, 6.07) is 17.3. The Morgan fingerprint density at radius 3 is 2.34 bits per heavy atom. The van der Waals surface area contributed by atoms with Gasteiger partial charge in [-0.1, -0.05) is 51.3 Å². The number of hydrogen-bond donors (Lipinski definition) is 2. The van der Waals surface area contributed by atoms with Gasteiger partial charge in [-0.15, -0.1) is 0 Å². The number of anilines is 1. The highest BCUT2D eigenvalue weighted by molar-refractivity contribution is 5.93. The van der Waals surface area contributed by atoms with E-state index in [9.17, 15) is 24.3 Å². The molecular formula is C63H81N5O9. The molecule has 7 aliphatic rings. The number of allylic oxidation sites excluding steroid dienone is 4. The minimum atomic E-state index is -1.48. The van der Waals surface area contributed by atoms with E-state index in [0.29, 0.717) is 65.6 Å². The number of piperidine rings is 1. The van der Waals surface area contributed by atoms with Gasteiger partial charge >= 0.3 is 5.97 Å². The second-order valence-electron chi connectivity index (χ2n) is 23.1. The monoisotopic (exact) mass is 1050 g/mol. The van der Waals surface area contributed by atoms with Crippen molar-refractivity contribution in [3.05, 3.63) is 109 Å². The number of Topliss-reactive ketones (excluding diaryl/α,β-unsaturated/α-hetero) is 1. The number of carbonyl (C=O) groups excluding carboxylic acids is 3. The average molecular weight is 1050 g/mol. The molecule has 2 saturated carbocycles. The van der Waals surface area contributed by atoms with Gasteiger partial charge in [0.2, 0.25) is 0 Å². The maximum absolute atomic E-state index is 13.5. The first-order valence-electron chi connectivity index (χ1n) is 28.6. The third-order valence-electron chi connectivity index (χ3n) is 18.0. The number of esters is 1. The number of pyridine rings is 2. The van der Waals surface area contributed by atoms with E-state index in [-0.39, 0.29) is 35.4 Å². The van der Waals surface area contributed by atoms with Gasteiger partial charge in [-0.25, -0.2) is 9.78 Å². The van der Waals surface area contributed by atoms with Crippen LogP contribution in [0.15, 0.2) is 76.1 Å². The van der Waals surface area contributed by atoms with E-state index < -0.39 is 18.0 Å². The number of ketones is 2. The molecule has 1 saturated heterocycles. The Labute approximate surface area is 454 Å². The maximum atomic E-state index is 13.5. The molecule has 0 amide bonds. The molecule has 6 atom stereocenters. The van der Waals surface area contributed by atoms with E-state index in [2.05, 4.69) is 73.1 Å². The number of carbonyl (C=O) groups is 4. The number of ether oxygens (including phenoxy) is 2. The number of aliphatic hydroxyl groups excluding tert-OH is 1. The number of cyclic esters (lactones) is 1. The van der Waals surface area contributed by atoms with Crippen molar-refractivity contribution in [3.63, 3.8) is 0 Å². The molecule has 4 aliphatic carbocycles. The van der Waals surface area contributed by atoms with Crippen LogP contribution in [0.4, 0.5) is 5.69 Å². The highest BCUT2D eigenvalue weighted by Gasteiger charge is 2.57. The van der Waals surface area contributed by atoms with Crippen LogP contribution < -0.4 is 15.2 Å². The number of hydrogen-bond acceptors (Lipinski definition) is 12. The number of aliphatic carboxylic acids is 1. The molecule has 11 rings (SSSR count). The summed E-state index contributed by atoms with van der Waals surface area (Å²) < 4.78 is 13.6. The number of aliphatic hydroxyl groups is 1. The van der Waals surface area contributed by atoms with Gasteiger partial charge in [-0.2, -0.15) is 0 Å². The number of carboxylic acids is 1. The number of carboxylic acid groups (broad SMARTS) is 1. The third kappa shape index (κ3) is 11.3. The van der Waals surface area contributed by atoms with Gasteiger partial charge in [-0.3, -0.25) is 19.2 Å². The average Bonchev–Trinajstić information content (AvgIpc) is 4.04. The molecule has 4 aromatic rings. The van der Waals surface area contributed by atoms with Crippen molar-refractivity contribution >= 4 is 40.1 Å². The first-order chi connectivity index (χ1) is 37.0. The topological polar surface area (TPSA) is 172 Å². The lowest BCUT2D eigenvalue weighted by Crippen LogP contribution is -2.44. The lowest BCUT2D eigenvalue weighted by molar-refractivity contribution is -0.157. The molecule has 412 valence electrons. The number of benzene rings is 2. The molecule has 3 aliphatic heterocycles. The molecule has 14 nitrogen and oxygen atoms in total. The zero-order valence-corrected chi connectivity index (χ0v) is 46.8. The van der Waals surface area contributed by atoms with Gasteiger partial charge in [0.15, 0.2) is 11.9 Å².